The fourth-order valence-electron chi connectivity index (χ4n) is 2.24. The number of rotatable bonds is 3. The molecular weight excluding hydrogens is 371 g/mol. The summed E-state index contributed by atoms with van der Waals surface area (Å²) in [7, 11) is 1.95. The Morgan fingerprint density at radius 3 is 2.61 bits per heavy atom. The number of halogens is 2. The van der Waals surface area contributed by atoms with E-state index in [1.54, 1.807) is 6.07 Å². The van der Waals surface area contributed by atoms with Gasteiger partial charge in [0.25, 0.3) is 0 Å². The van der Waals surface area contributed by atoms with Gasteiger partial charge in [0.15, 0.2) is 4.77 Å². The third-order valence-electron chi connectivity index (χ3n) is 3.37. The van der Waals surface area contributed by atoms with E-state index in [-0.39, 0.29) is 0 Å². The number of aromatic amines is 2. The lowest BCUT2D eigenvalue weighted by molar-refractivity contribution is 0.901. The largest absolute Gasteiger partial charge is 0.355 e. The number of H-pyrrole nitrogens is 2. The van der Waals surface area contributed by atoms with Crippen LogP contribution in [0.3, 0.4) is 0 Å². The molecule has 3 aromatic rings. The summed E-state index contributed by atoms with van der Waals surface area (Å²) in [6.07, 6.45) is 0. The summed E-state index contributed by atoms with van der Waals surface area (Å²) in [5.74, 6) is 0.800. The quantitative estimate of drug-likeness (QED) is 0.603. The highest BCUT2D eigenvalue weighted by Crippen LogP contribution is 2.24. The molecule has 23 heavy (non-hydrogen) atoms. The number of fused-ring (bicyclic) bond motifs is 1. The number of anilines is 1. The van der Waals surface area contributed by atoms with Gasteiger partial charge in [-0.05, 0) is 42.0 Å². The minimum atomic E-state index is 0.487. The maximum absolute atomic E-state index is 6.06. The lowest BCUT2D eigenvalue weighted by Gasteiger charge is -2.19. The third-order valence-corrected chi connectivity index (χ3v) is 4.60. The summed E-state index contributed by atoms with van der Waals surface area (Å²) >= 11 is 22.4. The van der Waals surface area contributed by atoms with Crippen molar-refractivity contribution in [2.75, 3.05) is 11.9 Å². The summed E-state index contributed by atoms with van der Waals surface area (Å²) in [5.41, 5.74) is 2.54. The van der Waals surface area contributed by atoms with Gasteiger partial charge in [0, 0.05) is 13.6 Å². The van der Waals surface area contributed by atoms with E-state index in [0.717, 1.165) is 16.9 Å². The molecule has 2 heterocycles. The van der Waals surface area contributed by atoms with Crippen LogP contribution in [0, 0.1) is 9.41 Å². The van der Waals surface area contributed by atoms with Crippen LogP contribution in [-0.2, 0) is 6.54 Å². The number of aromatic nitrogens is 3. The fourth-order valence-corrected chi connectivity index (χ4v) is 3.10. The summed E-state index contributed by atoms with van der Waals surface area (Å²) in [6.45, 7) is 0.648. The van der Waals surface area contributed by atoms with Crippen molar-refractivity contribution >= 4 is 64.5 Å². The lowest BCUT2D eigenvalue weighted by atomic mass is 10.2. The molecule has 8 heteroatoms. The van der Waals surface area contributed by atoms with Crippen molar-refractivity contribution in [3.63, 3.8) is 0 Å². The number of hydrogen-bond donors (Lipinski definition) is 2. The van der Waals surface area contributed by atoms with Crippen molar-refractivity contribution in [2.45, 2.75) is 6.54 Å². The van der Waals surface area contributed by atoms with Crippen molar-refractivity contribution in [3.8, 4) is 0 Å². The van der Waals surface area contributed by atoms with Crippen LogP contribution >= 0.6 is 47.6 Å². The molecule has 0 unspecified atom stereocenters. The van der Waals surface area contributed by atoms with E-state index in [1.807, 2.05) is 36.2 Å². The Balaban J connectivity index is 1.94. The van der Waals surface area contributed by atoms with Crippen molar-refractivity contribution in [3.05, 3.63) is 55.4 Å². The van der Waals surface area contributed by atoms with Gasteiger partial charge in [-0.2, -0.15) is 0 Å². The highest BCUT2D eigenvalue weighted by atomic mass is 35.5. The standard InChI is InChI=1S/C15H12Cl2N4S2/c1-21(7-8-2-3-9(16)10(17)6-8)12-5-4-11-13(19-12)14(22)20-15(23)18-11/h2-6H,7H2,1H3,(H2,18,20,22,23). The number of nitrogens with one attached hydrogen (secondary N) is 2. The van der Waals surface area contributed by atoms with E-state index in [4.69, 9.17) is 47.6 Å². The zero-order valence-corrected chi connectivity index (χ0v) is 15.2. The minimum absolute atomic E-state index is 0.487. The molecule has 2 aromatic heterocycles. The number of pyridine rings is 1. The molecule has 2 N–H and O–H groups in total. The molecule has 3 rings (SSSR count). The number of benzene rings is 1. The highest BCUT2D eigenvalue weighted by Gasteiger charge is 2.08. The lowest BCUT2D eigenvalue weighted by Crippen LogP contribution is -2.17. The summed E-state index contributed by atoms with van der Waals surface area (Å²) in [6, 6.07) is 9.42. The Hall–Kier alpha value is -1.47. The summed E-state index contributed by atoms with van der Waals surface area (Å²) in [4.78, 5) is 12.6. The average molecular weight is 383 g/mol. The van der Waals surface area contributed by atoms with Gasteiger partial charge in [0.1, 0.15) is 16.0 Å². The molecule has 0 fully saturated rings. The van der Waals surface area contributed by atoms with E-state index in [2.05, 4.69) is 15.0 Å². The van der Waals surface area contributed by atoms with Gasteiger partial charge in [0.2, 0.25) is 0 Å². The van der Waals surface area contributed by atoms with E-state index < -0.39 is 0 Å². The molecule has 0 atom stereocenters. The predicted molar refractivity (Wildman–Crippen MR) is 101 cm³/mol. The molecule has 0 saturated heterocycles. The average Bonchev–Trinajstić information content (AvgIpc) is 2.50. The van der Waals surface area contributed by atoms with Crippen LogP contribution < -0.4 is 4.90 Å². The normalized spacial score (nSPS) is 10.9. The molecule has 0 amide bonds. The van der Waals surface area contributed by atoms with Gasteiger partial charge in [-0.15, -0.1) is 0 Å². The summed E-state index contributed by atoms with van der Waals surface area (Å²) in [5, 5.41) is 1.09. The third kappa shape index (κ3) is 3.55. The maximum atomic E-state index is 6.06. The van der Waals surface area contributed by atoms with Crippen LogP contribution in [0.15, 0.2) is 30.3 Å². The fraction of sp³-hybridized carbons (Fsp3) is 0.133. The van der Waals surface area contributed by atoms with E-state index in [1.165, 1.54) is 0 Å². The van der Waals surface area contributed by atoms with Crippen LogP contribution in [0.2, 0.25) is 10.0 Å². The van der Waals surface area contributed by atoms with E-state index >= 15 is 0 Å². The molecule has 1 aromatic carbocycles. The second kappa shape index (κ2) is 6.57. The Morgan fingerprint density at radius 1 is 1.09 bits per heavy atom. The summed E-state index contributed by atoms with van der Waals surface area (Å²) < 4.78 is 1.01. The topological polar surface area (TPSA) is 47.7 Å². The van der Waals surface area contributed by atoms with Crippen molar-refractivity contribution < 1.29 is 0 Å². The zero-order chi connectivity index (χ0) is 16.6. The first-order chi connectivity index (χ1) is 10.9. The molecule has 0 aliphatic carbocycles. The van der Waals surface area contributed by atoms with Gasteiger partial charge < -0.3 is 14.9 Å². The number of hydrogen-bond acceptors (Lipinski definition) is 4. The second-order valence-electron chi connectivity index (χ2n) is 5.08. The molecule has 4 nitrogen and oxygen atoms in total. The maximum Gasteiger partial charge on any atom is 0.176 e. The van der Waals surface area contributed by atoms with Crippen LogP contribution in [-0.4, -0.2) is 22.0 Å². The molecule has 0 saturated carbocycles. The van der Waals surface area contributed by atoms with E-state index in [0.29, 0.717) is 31.5 Å². The molecule has 0 bridgehead atoms. The first-order valence-electron chi connectivity index (χ1n) is 6.72. The van der Waals surface area contributed by atoms with Crippen molar-refractivity contribution in [1.82, 2.24) is 15.0 Å². The van der Waals surface area contributed by atoms with Crippen LogP contribution in [0.1, 0.15) is 5.56 Å². The minimum Gasteiger partial charge on any atom is -0.355 e. The first kappa shape index (κ1) is 16.4. The predicted octanol–water partition coefficient (Wildman–Crippen LogP) is 5.29. The van der Waals surface area contributed by atoms with Crippen LogP contribution in [0.25, 0.3) is 11.0 Å². The highest BCUT2D eigenvalue weighted by molar-refractivity contribution is 7.72. The molecule has 0 aliphatic rings. The van der Waals surface area contributed by atoms with Gasteiger partial charge in [0.05, 0.1) is 15.6 Å². The molecule has 0 spiro atoms. The Labute approximate surface area is 153 Å². The van der Waals surface area contributed by atoms with Crippen molar-refractivity contribution in [1.29, 1.82) is 0 Å². The van der Waals surface area contributed by atoms with Crippen LogP contribution in [0.5, 0.6) is 0 Å². The van der Waals surface area contributed by atoms with Gasteiger partial charge in [-0.1, -0.05) is 41.5 Å². The Kier molecular flexibility index (Phi) is 4.68. The van der Waals surface area contributed by atoms with E-state index in [9.17, 15) is 0 Å². The second-order valence-corrected chi connectivity index (χ2v) is 6.71. The van der Waals surface area contributed by atoms with Gasteiger partial charge in [-0.25, -0.2) is 4.98 Å². The molecule has 0 radical (unpaired) electrons. The zero-order valence-electron chi connectivity index (χ0n) is 12.1. The van der Waals surface area contributed by atoms with Crippen molar-refractivity contribution in [2.24, 2.45) is 0 Å². The first-order valence-corrected chi connectivity index (χ1v) is 8.30. The van der Waals surface area contributed by atoms with Gasteiger partial charge >= 0.3 is 0 Å². The smallest absolute Gasteiger partial charge is 0.176 e. The molecule has 0 aliphatic heterocycles. The monoisotopic (exact) mass is 382 g/mol. The Morgan fingerprint density at radius 2 is 1.87 bits per heavy atom. The van der Waals surface area contributed by atoms with Gasteiger partial charge in [-0.3, -0.25) is 0 Å². The Bertz CT molecular complexity index is 997. The molecule has 118 valence electrons. The van der Waals surface area contributed by atoms with Crippen LogP contribution in [0.4, 0.5) is 5.82 Å². The number of nitrogens with zero attached hydrogens (tertiary/aromatic N) is 2. The molecular formula is C15H12Cl2N4S2. The SMILES string of the molecule is CN(Cc1ccc(Cl)c(Cl)c1)c1ccc2[nH]c(=S)[nH]c(=S)c2n1.